The molecule has 0 saturated carbocycles. The van der Waals surface area contributed by atoms with E-state index in [4.69, 9.17) is 4.74 Å². The molecule has 2 aromatic rings. The molecule has 0 N–H and O–H groups in total. The molecule has 0 spiro atoms. The number of fused-ring (bicyclic) bond motifs is 1. The van der Waals surface area contributed by atoms with Gasteiger partial charge in [-0.05, 0) is 45.9 Å². The predicted molar refractivity (Wildman–Crippen MR) is 72.3 cm³/mol. The number of hydrogen-bond donors (Lipinski definition) is 0. The normalized spacial score (nSPS) is 11.6. The summed E-state index contributed by atoms with van der Waals surface area (Å²) >= 11 is 0. The minimum atomic E-state index is 0.278. The van der Waals surface area contributed by atoms with Crippen molar-refractivity contribution in [3.63, 3.8) is 0 Å². The average molecular weight is 231 g/mol. The van der Waals surface area contributed by atoms with Gasteiger partial charge in [-0.15, -0.1) is 0 Å². The van der Waals surface area contributed by atoms with E-state index in [1.165, 1.54) is 22.2 Å². The quantitative estimate of drug-likeness (QED) is 0.778. The molecule has 0 amide bonds. The van der Waals surface area contributed by atoms with E-state index < -0.39 is 0 Å². The van der Waals surface area contributed by atoms with Gasteiger partial charge in [0, 0.05) is 23.1 Å². The lowest BCUT2D eigenvalue weighted by Crippen LogP contribution is -2.07. The van der Waals surface area contributed by atoms with Crippen molar-refractivity contribution >= 4 is 10.9 Å². The number of hydrogen-bond acceptors (Lipinski definition) is 1. The lowest BCUT2D eigenvalue weighted by Gasteiger charge is -2.10. The largest absolute Gasteiger partial charge is 0.373 e. The second-order valence-electron chi connectivity index (χ2n) is 4.80. The van der Waals surface area contributed by atoms with Crippen molar-refractivity contribution in [2.75, 3.05) is 0 Å². The van der Waals surface area contributed by atoms with Crippen molar-refractivity contribution in [2.24, 2.45) is 0 Å². The Balaban J connectivity index is 2.41. The van der Waals surface area contributed by atoms with Gasteiger partial charge in [-0.1, -0.05) is 11.6 Å². The topological polar surface area (TPSA) is 14.2 Å². The Kier molecular flexibility index (Phi) is 3.53. The molecule has 0 saturated heterocycles. The van der Waals surface area contributed by atoms with Crippen LogP contribution in [0.2, 0.25) is 0 Å². The molecule has 0 aliphatic carbocycles. The summed E-state index contributed by atoms with van der Waals surface area (Å²) in [6.07, 6.45) is 0.278. The molecule has 2 heteroatoms. The van der Waals surface area contributed by atoms with Crippen LogP contribution in [-0.4, -0.2) is 10.7 Å². The van der Waals surface area contributed by atoms with E-state index in [1.54, 1.807) is 0 Å². The molecule has 0 fully saturated rings. The first-order valence-corrected chi connectivity index (χ1v) is 6.32. The van der Waals surface area contributed by atoms with Crippen LogP contribution >= 0.6 is 0 Å². The Morgan fingerprint density at radius 2 is 2.00 bits per heavy atom. The van der Waals surface area contributed by atoms with Gasteiger partial charge in [0.2, 0.25) is 0 Å². The molecule has 0 aliphatic rings. The first-order valence-electron chi connectivity index (χ1n) is 6.32. The van der Waals surface area contributed by atoms with E-state index in [1.807, 2.05) is 0 Å². The summed E-state index contributed by atoms with van der Waals surface area (Å²) < 4.78 is 8.04. The third-order valence-electron chi connectivity index (χ3n) is 3.02. The van der Waals surface area contributed by atoms with E-state index in [-0.39, 0.29) is 6.10 Å². The molecule has 1 heterocycles. The van der Waals surface area contributed by atoms with E-state index in [9.17, 15) is 0 Å². The summed E-state index contributed by atoms with van der Waals surface area (Å²) in [7, 11) is 0. The van der Waals surface area contributed by atoms with E-state index in [2.05, 4.69) is 56.5 Å². The molecule has 2 nitrogen and oxygen atoms in total. The van der Waals surface area contributed by atoms with Crippen LogP contribution in [0.15, 0.2) is 24.3 Å². The van der Waals surface area contributed by atoms with Crippen molar-refractivity contribution < 1.29 is 4.74 Å². The first-order chi connectivity index (χ1) is 8.11. The van der Waals surface area contributed by atoms with E-state index >= 15 is 0 Å². The number of benzene rings is 1. The van der Waals surface area contributed by atoms with Gasteiger partial charge in [-0.3, -0.25) is 0 Å². The van der Waals surface area contributed by atoms with Crippen LogP contribution in [-0.2, 0) is 17.9 Å². The molecule has 0 atom stereocenters. The Morgan fingerprint density at radius 1 is 1.24 bits per heavy atom. The Labute approximate surface area is 103 Å². The van der Waals surface area contributed by atoms with Gasteiger partial charge in [0.05, 0.1) is 12.7 Å². The maximum Gasteiger partial charge on any atom is 0.0871 e. The zero-order valence-electron chi connectivity index (χ0n) is 11.2. The minimum absolute atomic E-state index is 0.278. The Hall–Kier alpha value is -1.28. The molecule has 17 heavy (non-hydrogen) atoms. The number of aromatic nitrogens is 1. The van der Waals surface area contributed by atoms with Crippen LogP contribution in [0.4, 0.5) is 0 Å². The van der Waals surface area contributed by atoms with Crippen LogP contribution < -0.4 is 0 Å². The summed E-state index contributed by atoms with van der Waals surface area (Å²) in [6, 6.07) is 8.85. The van der Waals surface area contributed by atoms with Gasteiger partial charge in [0.15, 0.2) is 0 Å². The average Bonchev–Trinajstić information content (AvgIpc) is 2.62. The van der Waals surface area contributed by atoms with Crippen LogP contribution in [0, 0.1) is 6.92 Å². The molecule has 1 aromatic carbocycles. The van der Waals surface area contributed by atoms with Crippen LogP contribution in [0.3, 0.4) is 0 Å². The lowest BCUT2D eigenvalue weighted by molar-refractivity contribution is 0.0620. The minimum Gasteiger partial charge on any atom is -0.373 e. The zero-order chi connectivity index (χ0) is 12.4. The second kappa shape index (κ2) is 4.92. The highest BCUT2D eigenvalue weighted by Gasteiger charge is 2.08. The fourth-order valence-electron chi connectivity index (χ4n) is 2.19. The zero-order valence-corrected chi connectivity index (χ0v) is 11.2. The van der Waals surface area contributed by atoms with E-state index in [0.29, 0.717) is 6.61 Å². The van der Waals surface area contributed by atoms with Crippen molar-refractivity contribution in [1.82, 2.24) is 4.57 Å². The van der Waals surface area contributed by atoms with Gasteiger partial charge in [0.25, 0.3) is 0 Å². The summed E-state index contributed by atoms with van der Waals surface area (Å²) in [5.41, 5.74) is 3.88. The van der Waals surface area contributed by atoms with E-state index in [0.717, 1.165) is 6.54 Å². The van der Waals surface area contributed by atoms with Gasteiger partial charge in [-0.25, -0.2) is 0 Å². The van der Waals surface area contributed by atoms with Crippen molar-refractivity contribution in [3.8, 4) is 0 Å². The maximum absolute atomic E-state index is 5.71. The van der Waals surface area contributed by atoms with Crippen LogP contribution in [0.5, 0.6) is 0 Å². The van der Waals surface area contributed by atoms with Crippen molar-refractivity contribution in [1.29, 1.82) is 0 Å². The third kappa shape index (κ3) is 2.52. The molecule has 0 bridgehead atoms. The Morgan fingerprint density at radius 3 is 2.65 bits per heavy atom. The van der Waals surface area contributed by atoms with Crippen molar-refractivity contribution in [3.05, 3.63) is 35.5 Å². The molecule has 2 rings (SSSR count). The highest BCUT2D eigenvalue weighted by atomic mass is 16.5. The van der Waals surface area contributed by atoms with Gasteiger partial charge in [-0.2, -0.15) is 0 Å². The summed E-state index contributed by atoms with van der Waals surface area (Å²) in [5, 5.41) is 1.31. The summed E-state index contributed by atoms with van der Waals surface area (Å²) in [6.45, 7) is 10.1. The maximum atomic E-state index is 5.71. The standard InChI is InChI=1S/C15H21NO/c1-5-16-14(10-17-11(2)3)9-13-8-12(4)6-7-15(13)16/h6-9,11H,5,10H2,1-4H3. The van der Waals surface area contributed by atoms with Gasteiger partial charge >= 0.3 is 0 Å². The fourth-order valence-corrected chi connectivity index (χ4v) is 2.19. The predicted octanol–water partition coefficient (Wildman–Crippen LogP) is 3.89. The SMILES string of the molecule is CCn1c(COC(C)C)cc2cc(C)ccc21. The highest BCUT2D eigenvalue weighted by Crippen LogP contribution is 2.22. The number of nitrogens with zero attached hydrogens (tertiary/aromatic N) is 1. The monoisotopic (exact) mass is 231 g/mol. The smallest absolute Gasteiger partial charge is 0.0871 e. The molecule has 0 unspecified atom stereocenters. The lowest BCUT2D eigenvalue weighted by atomic mass is 10.2. The summed E-state index contributed by atoms with van der Waals surface area (Å²) in [4.78, 5) is 0. The second-order valence-corrected chi connectivity index (χ2v) is 4.80. The fraction of sp³-hybridized carbons (Fsp3) is 0.467. The van der Waals surface area contributed by atoms with Gasteiger partial charge in [0.1, 0.15) is 0 Å². The first kappa shape index (κ1) is 12.2. The van der Waals surface area contributed by atoms with Crippen LogP contribution in [0.1, 0.15) is 32.0 Å². The number of ether oxygens (including phenoxy) is 1. The number of rotatable bonds is 4. The van der Waals surface area contributed by atoms with Crippen molar-refractivity contribution in [2.45, 2.75) is 47.0 Å². The molecule has 92 valence electrons. The molecular formula is C15H21NO. The highest BCUT2D eigenvalue weighted by molar-refractivity contribution is 5.82. The molecule has 0 radical (unpaired) electrons. The molecular weight excluding hydrogens is 210 g/mol. The molecule has 0 aliphatic heterocycles. The summed E-state index contributed by atoms with van der Waals surface area (Å²) in [5.74, 6) is 0. The third-order valence-corrected chi connectivity index (χ3v) is 3.02. The molecule has 1 aromatic heterocycles. The number of aryl methyl sites for hydroxylation is 2. The van der Waals surface area contributed by atoms with Crippen LogP contribution in [0.25, 0.3) is 10.9 Å². The van der Waals surface area contributed by atoms with Gasteiger partial charge < -0.3 is 9.30 Å². The Bertz CT molecular complexity index is 511.